The Morgan fingerprint density at radius 2 is 2.08 bits per heavy atom. The minimum absolute atomic E-state index is 0.00598. The zero-order valence-corrected chi connectivity index (χ0v) is 15.5. The van der Waals surface area contributed by atoms with E-state index < -0.39 is 0 Å². The van der Waals surface area contributed by atoms with E-state index >= 15 is 0 Å². The van der Waals surface area contributed by atoms with E-state index in [0.717, 1.165) is 26.5 Å². The summed E-state index contributed by atoms with van der Waals surface area (Å²) in [6.07, 6.45) is 1.69. The molecule has 1 aromatic carbocycles. The predicted molar refractivity (Wildman–Crippen MR) is 102 cm³/mol. The van der Waals surface area contributed by atoms with Gasteiger partial charge < -0.3 is 4.90 Å². The molecule has 0 saturated heterocycles. The van der Waals surface area contributed by atoms with Crippen molar-refractivity contribution in [2.24, 2.45) is 0 Å². The Bertz CT molecular complexity index is 1030. The van der Waals surface area contributed by atoms with Crippen molar-refractivity contribution in [3.05, 3.63) is 70.5 Å². The van der Waals surface area contributed by atoms with Crippen molar-refractivity contribution in [2.45, 2.75) is 20.0 Å². The summed E-state index contributed by atoms with van der Waals surface area (Å²) < 4.78 is 1.98. The molecule has 0 radical (unpaired) electrons. The van der Waals surface area contributed by atoms with Crippen molar-refractivity contribution in [3.8, 4) is 0 Å². The van der Waals surface area contributed by atoms with E-state index in [1.165, 1.54) is 16.9 Å². The van der Waals surface area contributed by atoms with Crippen LogP contribution in [0.1, 0.15) is 26.6 Å². The Morgan fingerprint density at radius 1 is 1.27 bits per heavy atom. The number of aromatic amines is 1. The number of nitrogens with one attached hydrogen (secondary N) is 1. The third-order valence-electron chi connectivity index (χ3n) is 4.31. The fourth-order valence-corrected chi connectivity index (χ4v) is 4.13. The maximum absolute atomic E-state index is 12.8. The predicted octanol–water partition coefficient (Wildman–Crippen LogP) is 3.45. The van der Waals surface area contributed by atoms with Crippen molar-refractivity contribution in [1.82, 2.24) is 24.9 Å². The standard InChI is InChI=1S/C19H19N5OS/c1-13-16-10-17(18(25)23(2)12-15-8-9-20-21-15)26-19(16)24(22-13)11-14-6-4-3-5-7-14/h3-10H,11-12H2,1-2H3,(H,20,21). The molecule has 132 valence electrons. The van der Waals surface area contributed by atoms with Crippen LogP contribution in [0.25, 0.3) is 10.2 Å². The van der Waals surface area contributed by atoms with E-state index in [1.807, 2.05) is 41.9 Å². The number of nitrogens with zero attached hydrogens (tertiary/aromatic N) is 4. The Kier molecular flexibility index (Phi) is 4.30. The number of rotatable bonds is 5. The number of H-pyrrole nitrogens is 1. The molecule has 1 N–H and O–H groups in total. The van der Waals surface area contributed by atoms with Gasteiger partial charge in [0.15, 0.2) is 0 Å². The highest BCUT2D eigenvalue weighted by Gasteiger charge is 2.19. The normalized spacial score (nSPS) is 11.2. The SMILES string of the molecule is Cc1nn(Cc2ccccc2)c2sc(C(=O)N(C)Cc3ccn[nH]3)cc12. The van der Waals surface area contributed by atoms with Gasteiger partial charge in [-0.05, 0) is 24.6 Å². The number of carbonyl (C=O) groups excluding carboxylic acids is 1. The maximum atomic E-state index is 12.8. The van der Waals surface area contributed by atoms with Gasteiger partial charge in [0.2, 0.25) is 0 Å². The fraction of sp³-hybridized carbons (Fsp3) is 0.211. The van der Waals surface area contributed by atoms with Crippen LogP contribution in [0.5, 0.6) is 0 Å². The Morgan fingerprint density at radius 3 is 2.81 bits per heavy atom. The number of aryl methyl sites for hydroxylation is 1. The van der Waals surface area contributed by atoms with Gasteiger partial charge in [-0.15, -0.1) is 11.3 Å². The zero-order chi connectivity index (χ0) is 18.1. The average Bonchev–Trinajstić information content (AvgIpc) is 3.35. The van der Waals surface area contributed by atoms with Gasteiger partial charge in [0.05, 0.1) is 29.4 Å². The first-order chi connectivity index (χ1) is 12.6. The first kappa shape index (κ1) is 16.5. The molecule has 0 aliphatic carbocycles. The largest absolute Gasteiger partial charge is 0.335 e. The zero-order valence-electron chi connectivity index (χ0n) is 14.6. The third-order valence-corrected chi connectivity index (χ3v) is 5.44. The average molecular weight is 365 g/mol. The van der Waals surface area contributed by atoms with Gasteiger partial charge in [0.1, 0.15) is 4.83 Å². The van der Waals surface area contributed by atoms with Crippen LogP contribution in [0.4, 0.5) is 0 Å². The molecule has 26 heavy (non-hydrogen) atoms. The molecule has 4 aromatic rings. The minimum atomic E-state index is 0.00598. The summed E-state index contributed by atoms with van der Waals surface area (Å²) in [6.45, 7) is 3.19. The summed E-state index contributed by atoms with van der Waals surface area (Å²) >= 11 is 1.50. The molecule has 0 saturated carbocycles. The fourth-order valence-electron chi connectivity index (χ4n) is 2.97. The smallest absolute Gasteiger partial charge is 0.264 e. The molecule has 3 aromatic heterocycles. The molecule has 0 aliphatic heterocycles. The molecule has 7 heteroatoms. The lowest BCUT2D eigenvalue weighted by Crippen LogP contribution is -2.25. The molecule has 1 amide bonds. The van der Waals surface area contributed by atoms with E-state index in [2.05, 4.69) is 27.4 Å². The lowest BCUT2D eigenvalue weighted by Gasteiger charge is -2.14. The number of hydrogen-bond donors (Lipinski definition) is 1. The van der Waals surface area contributed by atoms with Crippen LogP contribution in [0.15, 0.2) is 48.7 Å². The summed E-state index contributed by atoms with van der Waals surface area (Å²) in [4.78, 5) is 16.2. The second kappa shape index (κ2) is 6.76. The molecule has 0 unspecified atom stereocenters. The summed E-state index contributed by atoms with van der Waals surface area (Å²) in [6, 6.07) is 14.0. The minimum Gasteiger partial charge on any atom is -0.335 e. The summed E-state index contributed by atoms with van der Waals surface area (Å²) in [5, 5.41) is 12.5. The molecule has 0 atom stereocenters. The number of benzene rings is 1. The number of hydrogen-bond acceptors (Lipinski definition) is 4. The monoisotopic (exact) mass is 365 g/mol. The van der Waals surface area contributed by atoms with Gasteiger partial charge in [0.25, 0.3) is 5.91 Å². The van der Waals surface area contributed by atoms with Crippen molar-refractivity contribution in [1.29, 1.82) is 0 Å². The van der Waals surface area contributed by atoms with E-state index in [9.17, 15) is 4.79 Å². The molecule has 0 aliphatic rings. The van der Waals surface area contributed by atoms with Crippen LogP contribution in [-0.2, 0) is 13.1 Å². The first-order valence-electron chi connectivity index (χ1n) is 8.36. The second-order valence-corrected chi connectivity index (χ2v) is 7.33. The van der Waals surface area contributed by atoms with E-state index in [1.54, 1.807) is 18.1 Å². The van der Waals surface area contributed by atoms with Crippen molar-refractivity contribution >= 4 is 27.5 Å². The van der Waals surface area contributed by atoms with Crippen LogP contribution in [-0.4, -0.2) is 37.8 Å². The third kappa shape index (κ3) is 3.13. The summed E-state index contributed by atoms with van der Waals surface area (Å²) in [5.41, 5.74) is 3.05. The molecule has 4 rings (SSSR count). The highest BCUT2D eigenvalue weighted by atomic mass is 32.1. The van der Waals surface area contributed by atoms with Crippen LogP contribution in [0.3, 0.4) is 0 Å². The number of carbonyl (C=O) groups is 1. The number of amides is 1. The van der Waals surface area contributed by atoms with E-state index in [-0.39, 0.29) is 5.91 Å². The van der Waals surface area contributed by atoms with Crippen LogP contribution < -0.4 is 0 Å². The van der Waals surface area contributed by atoms with Gasteiger partial charge in [-0.3, -0.25) is 14.6 Å². The van der Waals surface area contributed by atoms with E-state index in [0.29, 0.717) is 13.1 Å². The van der Waals surface area contributed by atoms with Crippen molar-refractivity contribution < 1.29 is 4.79 Å². The second-order valence-electron chi connectivity index (χ2n) is 6.30. The number of thiophene rings is 1. The van der Waals surface area contributed by atoms with Crippen LogP contribution >= 0.6 is 11.3 Å². The molecule has 0 bridgehead atoms. The first-order valence-corrected chi connectivity index (χ1v) is 9.18. The molecule has 0 fully saturated rings. The Labute approximate surface area is 155 Å². The van der Waals surface area contributed by atoms with Gasteiger partial charge >= 0.3 is 0 Å². The number of fused-ring (bicyclic) bond motifs is 1. The Hall–Kier alpha value is -2.93. The lowest BCUT2D eigenvalue weighted by atomic mass is 10.2. The Balaban J connectivity index is 1.61. The lowest BCUT2D eigenvalue weighted by molar-refractivity contribution is 0.0788. The molecular formula is C19H19N5OS. The van der Waals surface area contributed by atoms with Crippen LogP contribution in [0.2, 0.25) is 0 Å². The number of aromatic nitrogens is 4. The van der Waals surface area contributed by atoms with Gasteiger partial charge in [-0.1, -0.05) is 30.3 Å². The highest BCUT2D eigenvalue weighted by Crippen LogP contribution is 2.29. The summed E-state index contributed by atoms with van der Waals surface area (Å²) in [5.74, 6) is 0.00598. The molecule has 0 spiro atoms. The quantitative estimate of drug-likeness (QED) is 0.589. The van der Waals surface area contributed by atoms with Gasteiger partial charge in [-0.2, -0.15) is 10.2 Å². The highest BCUT2D eigenvalue weighted by molar-refractivity contribution is 7.20. The topological polar surface area (TPSA) is 66.8 Å². The van der Waals surface area contributed by atoms with E-state index in [4.69, 9.17) is 0 Å². The molecule has 6 nitrogen and oxygen atoms in total. The molecular weight excluding hydrogens is 346 g/mol. The molecule has 3 heterocycles. The summed E-state index contributed by atoms with van der Waals surface area (Å²) in [7, 11) is 1.80. The van der Waals surface area contributed by atoms with Crippen molar-refractivity contribution in [2.75, 3.05) is 7.05 Å². The van der Waals surface area contributed by atoms with Gasteiger partial charge in [-0.25, -0.2) is 0 Å². The van der Waals surface area contributed by atoms with Crippen molar-refractivity contribution in [3.63, 3.8) is 0 Å². The van der Waals surface area contributed by atoms with Crippen LogP contribution in [0, 0.1) is 6.92 Å². The maximum Gasteiger partial charge on any atom is 0.264 e. The van der Waals surface area contributed by atoms with Gasteiger partial charge in [0, 0.05) is 18.6 Å².